The zero-order chi connectivity index (χ0) is 26.3. The van der Waals surface area contributed by atoms with Crippen molar-refractivity contribution in [3.05, 3.63) is 78.3 Å². The first-order valence-electron chi connectivity index (χ1n) is 13.1. The third-order valence-corrected chi connectivity index (χ3v) is 7.75. The summed E-state index contributed by atoms with van der Waals surface area (Å²) in [7, 11) is 0. The first-order valence-corrected chi connectivity index (χ1v) is 14.0. The predicted molar refractivity (Wildman–Crippen MR) is 149 cm³/mol. The van der Waals surface area contributed by atoms with Crippen molar-refractivity contribution in [3.8, 4) is 22.1 Å². The van der Waals surface area contributed by atoms with Crippen LogP contribution in [0.1, 0.15) is 49.7 Å². The van der Waals surface area contributed by atoms with Gasteiger partial charge in [0.05, 0.1) is 20.8 Å². The van der Waals surface area contributed by atoms with Gasteiger partial charge in [0.15, 0.2) is 11.6 Å². The van der Waals surface area contributed by atoms with Gasteiger partial charge in [-0.3, -0.25) is 14.8 Å². The van der Waals surface area contributed by atoms with E-state index in [2.05, 4.69) is 21.4 Å². The van der Waals surface area contributed by atoms with Crippen LogP contribution in [-0.4, -0.2) is 22.3 Å². The Morgan fingerprint density at radius 1 is 1.11 bits per heavy atom. The van der Waals surface area contributed by atoms with E-state index in [1.165, 1.54) is 17.4 Å². The molecule has 0 bridgehead atoms. The normalized spacial score (nSPS) is 13.2. The Morgan fingerprint density at radius 2 is 1.97 bits per heavy atom. The number of ketones is 1. The molecule has 0 spiro atoms. The Balaban J connectivity index is 1.24. The number of Topliss-reactive ketones (excluding diaryl/α,β-unsaturated/α-hetero) is 1. The molecule has 1 radical (unpaired) electrons. The molecular formula is C30H32FN4O2S. The number of hydrogen-bond acceptors (Lipinski definition) is 7. The van der Waals surface area contributed by atoms with Crippen LogP contribution in [0.2, 0.25) is 0 Å². The average molecular weight is 532 g/mol. The number of hydrogen-bond donors (Lipinski definition) is 2. The van der Waals surface area contributed by atoms with Crippen LogP contribution >= 0.6 is 11.3 Å². The van der Waals surface area contributed by atoms with Crippen molar-refractivity contribution in [2.75, 3.05) is 6.54 Å². The summed E-state index contributed by atoms with van der Waals surface area (Å²) >= 11 is 1.51. The molecule has 3 N–H and O–H groups in total. The summed E-state index contributed by atoms with van der Waals surface area (Å²) in [4.78, 5) is 22.2. The molecule has 4 aromatic rings. The van der Waals surface area contributed by atoms with Crippen LogP contribution in [0.15, 0.2) is 54.9 Å². The molecule has 0 atom stereocenters. The number of aromatic nitrogens is 2. The minimum atomic E-state index is -0.480. The molecule has 197 valence electrons. The van der Waals surface area contributed by atoms with Gasteiger partial charge in [-0.15, -0.1) is 11.3 Å². The molecule has 1 aromatic carbocycles. The molecule has 3 aromatic heterocycles. The van der Waals surface area contributed by atoms with E-state index in [-0.39, 0.29) is 18.0 Å². The second kappa shape index (κ2) is 12.6. The number of benzene rings is 1. The number of nitrogens with zero attached hydrogens (tertiary/aromatic N) is 2. The van der Waals surface area contributed by atoms with Crippen molar-refractivity contribution in [1.82, 2.24) is 15.3 Å². The summed E-state index contributed by atoms with van der Waals surface area (Å²) in [6.07, 6.45) is 9.78. The lowest BCUT2D eigenvalue weighted by Gasteiger charge is -2.09. The summed E-state index contributed by atoms with van der Waals surface area (Å²) in [6.45, 7) is 3.42. The highest BCUT2D eigenvalue weighted by Crippen LogP contribution is 2.39. The van der Waals surface area contributed by atoms with E-state index in [0.29, 0.717) is 23.7 Å². The van der Waals surface area contributed by atoms with Gasteiger partial charge in [0.2, 0.25) is 0 Å². The van der Waals surface area contributed by atoms with E-state index in [1.807, 2.05) is 18.3 Å². The highest BCUT2D eigenvalue weighted by Gasteiger charge is 2.24. The molecular weight excluding hydrogens is 499 g/mol. The van der Waals surface area contributed by atoms with Gasteiger partial charge in [-0.2, -0.15) is 0 Å². The first kappa shape index (κ1) is 26.4. The number of halogens is 1. The average Bonchev–Trinajstić information content (AvgIpc) is 3.61. The molecule has 3 heterocycles. The molecule has 0 aliphatic heterocycles. The molecule has 1 fully saturated rings. The molecule has 0 amide bonds. The number of rotatable bonds is 14. The Hall–Kier alpha value is -3.20. The van der Waals surface area contributed by atoms with Crippen LogP contribution in [0, 0.1) is 18.3 Å². The van der Waals surface area contributed by atoms with Crippen molar-refractivity contribution in [2.45, 2.75) is 51.5 Å². The maximum absolute atomic E-state index is 14.9. The maximum atomic E-state index is 14.9. The van der Waals surface area contributed by atoms with E-state index < -0.39 is 5.82 Å². The Morgan fingerprint density at radius 3 is 2.74 bits per heavy atom. The SMILES string of the molecule is N[CH]CCCCNCc1ccc(-c2cc3nccc(Oc4ccc(CC(=O)CC5CC5)cc4F)c3s2)nc1. The lowest BCUT2D eigenvalue weighted by molar-refractivity contribution is -0.118. The highest BCUT2D eigenvalue weighted by atomic mass is 32.1. The summed E-state index contributed by atoms with van der Waals surface area (Å²) in [5.74, 6) is 0.882. The number of carbonyl (C=O) groups is 1. The zero-order valence-electron chi connectivity index (χ0n) is 21.3. The summed E-state index contributed by atoms with van der Waals surface area (Å²) < 4.78 is 21.7. The quantitative estimate of drug-likeness (QED) is 0.179. The number of ether oxygens (including phenoxy) is 1. The molecule has 1 aliphatic rings. The van der Waals surface area contributed by atoms with E-state index in [0.717, 1.165) is 71.5 Å². The highest BCUT2D eigenvalue weighted by molar-refractivity contribution is 7.22. The summed E-state index contributed by atoms with van der Waals surface area (Å²) in [5, 5.41) is 3.43. The summed E-state index contributed by atoms with van der Waals surface area (Å²) in [5.41, 5.74) is 8.83. The lowest BCUT2D eigenvalue weighted by atomic mass is 10.0. The molecule has 8 heteroatoms. The van der Waals surface area contributed by atoms with Gasteiger partial charge in [-0.05, 0) is 73.5 Å². The summed E-state index contributed by atoms with van der Waals surface area (Å²) in [6, 6.07) is 12.6. The predicted octanol–water partition coefficient (Wildman–Crippen LogP) is 6.58. The fraction of sp³-hybridized carbons (Fsp3) is 0.333. The number of nitrogens with one attached hydrogen (secondary N) is 1. The number of fused-ring (bicyclic) bond motifs is 1. The topological polar surface area (TPSA) is 90.1 Å². The van der Waals surface area contributed by atoms with Crippen LogP contribution in [0.4, 0.5) is 4.39 Å². The van der Waals surface area contributed by atoms with Gasteiger partial charge in [0.1, 0.15) is 11.5 Å². The Kier molecular flexibility index (Phi) is 8.73. The van der Waals surface area contributed by atoms with Gasteiger partial charge in [0, 0.05) is 44.4 Å². The van der Waals surface area contributed by atoms with Crippen LogP contribution in [0.25, 0.3) is 20.8 Å². The van der Waals surface area contributed by atoms with Crippen molar-refractivity contribution >= 4 is 27.3 Å². The second-order valence-electron chi connectivity index (χ2n) is 9.82. The molecule has 6 nitrogen and oxygen atoms in total. The molecule has 1 aliphatic carbocycles. The van der Waals surface area contributed by atoms with Crippen LogP contribution in [0.3, 0.4) is 0 Å². The molecule has 5 rings (SSSR count). The van der Waals surface area contributed by atoms with Crippen LogP contribution in [-0.2, 0) is 17.8 Å². The van der Waals surface area contributed by atoms with Crippen LogP contribution < -0.4 is 15.8 Å². The second-order valence-corrected chi connectivity index (χ2v) is 10.9. The number of thiophene rings is 1. The van der Waals surface area contributed by atoms with Gasteiger partial charge in [-0.25, -0.2) is 4.39 Å². The monoisotopic (exact) mass is 531 g/mol. The van der Waals surface area contributed by atoms with E-state index in [9.17, 15) is 9.18 Å². The number of pyridine rings is 2. The Labute approximate surface area is 226 Å². The van der Waals surface area contributed by atoms with Crippen LogP contribution in [0.5, 0.6) is 11.5 Å². The molecule has 0 saturated heterocycles. The minimum Gasteiger partial charge on any atom is -0.453 e. The zero-order valence-corrected chi connectivity index (χ0v) is 22.1. The fourth-order valence-electron chi connectivity index (χ4n) is 4.34. The smallest absolute Gasteiger partial charge is 0.166 e. The minimum absolute atomic E-state index is 0.127. The van der Waals surface area contributed by atoms with Gasteiger partial charge >= 0.3 is 0 Å². The maximum Gasteiger partial charge on any atom is 0.166 e. The largest absolute Gasteiger partial charge is 0.453 e. The number of unbranched alkanes of at least 4 members (excludes halogenated alkanes) is 2. The van der Waals surface area contributed by atoms with Gasteiger partial charge in [0.25, 0.3) is 0 Å². The van der Waals surface area contributed by atoms with Crippen molar-refractivity contribution < 1.29 is 13.9 Å². The molecule has 38 heavy (non-hydrogen) atoms. The molecule has 1 saturated carbocycles. The van der Waals surface area contributed by atoms with Crippen molar-refractivity contribution in [3.63, 3.8) is 0 Å². The fourth-order valence-corrected chi connectivity index (χ4v) is 5.38. The van der Waals surface area contributed by atoms with Gasteiger partial charge < -0.3 is 15.8 Å². The van der Waals surface area contributed by atoms with E-state index >= 15 is 0 Å². The van der Waals surface area contributed by atoms with Crippen molar-refractivity contribution in [1.29, 1.82) is 0 Å². The first-order chi connectivity index (χ1) is 18.6. The lowest BCUT2D eigenvalue weighted by Crippen LogP contribution is -2.14. The molecule has 0 unspecified atom stereocenters. The third kappa shape index (κ3) is 7.01. The standard InChI is InChI=1S/C30H32FN4O2S/c31-24-16-21(15-23(36)14-20-4-5-20)7-9-27(24)37-28-10-13-34-26-17-29(38-30(26)28)25-8-6-22(19-35-25)18-33-12-3-1-2-11-32/h6-11,13,16-17,19-20,33H,1-5,12,14-15,18,32H2. The number of carbonyl (C=O) groups excluding carboxylic acids is 1. The number of nitrogens with two attached hydrogens (primary N) is 1. The van der Waals surface area contributed by atoms with E-state index in [4.69, 9.17) is 10.5 Å². The van der Waals surface area contributed by atoms with Gasteiger partial charge in [-0.1, -0.05) is 18.6 Å². The Bertz CT molecular complexity index is 1390. The third-order valence-electron chi connectivity index (χ3n) is 6.59. The van der Waals surface area contributed by atoms with Crippen molar-refractivity contribution in [2.24, 2.45) is 11.7 Å². The van der Waals surface area contributed by atoms with E-state index in [1.54, 1.807) is 30.9 Å².